The molecule has 0 N–H and O–H groups in total. The molecule has 1 fully saturated rings. The van der Waals surface area contributed by atoms with Gasteiger partial charge in [-0.15, -0.1) is 5.10 Å². The van der Waals surface area contributed by atoms with E-state index in [1.165, 1.54) is 4.31 Å². The Morgan fingerprint density at radius 1 is 1.24 bits per heavy atom. The van der Waals surface area contributed by atoms with E-state index in [0.29, 0.717) is 18.8 Å². The molecule has 0 aliphatic carbocycles. The molecular weight excluding hydrogens is 338 g/mol. The molecular formula is C17H25N5O2S. The molecule has 3 rings (SSSR count). The van der Waals surface area contributed by atoms with Gasteiger partial charge < -0.3 is 4.90 Å². The van der Waals surface area contributed by atoms with Crippen molar-refractivity contribution in [2.45, 2.75) is 32.5 Å². The van der Waals surface area contributed by atoms with Crippen LogP contribution in [-0.4, -0.2) is 64.5 Å². The maximum atomic E-state index is 12.4. The molecule has 8 heteroatoms. The molecule has 25 heavy (non-hydrogen) atoms. The number of sulfonamides is 1. The lowest BCUT2D eigenvalue weighted by Crippen LogP contribution is -2.36. The van der Waals surface area contributed by atoms with Crippen LogP contribution in [0.15, 0.2) is 36.5 Å². The van der Waals surface area contributed by atoms with Gasteiger partial charge in [-0.25, -0.2) is 13.1 Å². The van der Waals surface area contributed by atoms with Crippen molar-refractivity contribution >= 4 is 10.0 Å². The number of rotatable bonds is 7. The number of hydrogen-bond acceptors (Lipinski definition) is 5. The Bertz CT molecular complexity index is 790. The monoisotopic (exact) mass is 363 g/mol. The van der Waals surface area contributed by atoms with Crippen molar-refractivity contribution in [2.75, 3.05) is 25.9 Å². The first-order chi connectivity index (χ1) is 12.0. The molecule has 1 atom stereocenters. The number of hydrogen-bond donors (Lipinski definition) is 0. The minimum atomic E-state index is -3.23. The molecule has 0 spiro atoms. The van der Waals surface area contributed by atoms with Crippen LogP contribution in [0.4, 0.5) is 0 Å². The molecule has 2 heterocycles. The van der Waals surface area contributed by atoms with Crippen molar-refractivity contribution in [3.8, 4) is 0 Å². The first kappa shape index (κ1) is 18.0. The third-order valence-electron chi connectivity index (χ3n) is 4.52. The van der Waals surface area contributed by atoms with E-state index >= 15 is 0 Å². The molecule has 136 valence electrons. The van der Waals surface area contributed by atoms with Gasteiger partial charge in [0.1, 0.15) is 0 Å². The largest absolute Gasteiger partial charge is 0.301 e. The summed E-state index contributed by atoms with van der Waals surface area (Å²) in [5.41, 5.74) is 1.81. The van der Waals surface area contributed by atoms with E-state index in [4.69, 9.17) is 0 Å². The molecule has 1 saturated heterocycles. The molecule has 1 aliphatic rings. The summed E-state index contributed by atoms with van der Waals surface area (Å²) in [6, 6.07) is 10.0. The third-order valence-corrected chi connectivity index (χ3v) is 6.39. The fraction of sp³-hybridized carbons (Fsp3) is 0.529. The van der Waals surface area contributed by atoms with Crippen molar-refractivity contribution in [2.24, 2.45) is 0 Å². The molecule has 2 aromatic rings. The minimum absolute atomic E-state index is 0.0457. The highest BCUT2D eigenvalue weighted by Gasteiger charge is 2.38. The first-order valence-corrected chi connectivity index (χ1v) is 10.2. The SMILES string of the molecule is CCCN(C)C1CN(Cc2cn(Cc3ccccc3)nn2)S(=O)(=O)C1. The number of aromatic nitrogens is 3. The van der Waals surface area contributed by atoms with Crippen molar-refractivity contribution < 1.29 is 8.42 Å². The van der Waals surface area contributed by atoms with Crippen LogP contribution in [0.1, 0.15) is 24.6 Å². The summed E-state index contributed by atoms with van der Waals surface area (Å²) in [6.07, 6.45) is 2.84. The molecule has 1 aliphatic heterocycles. The average molecular weight is 363 g/mol. The van der Waals surface area contributed by atoms with Gasteiger partial charge in [0.25, 0.3) is 0 Å². The second-order valence-corrected chi connectivity index (χ2v) is 8.61. The van der Waals surface area contributed by atoms with Crippen LogP contribution in [-0.2, 0) is 23.1 Å². The lowest BCUT2D eigenvalue weighted by atomic mass is 10.2. The van der Waals surface area contributed by atoms with Crippen LogP contribution in [0.3, 0.4) is 0 Å². The molecule has 7 nitrogen and oxygen atoms in total. The molecule has 1 unspecified atom stereocenters. The van der Waals surface area contributed by atoms with Gasteiger partial charge in [0.05, 0.1) is 30.7 Å². The number of nitrogens with zero attached hydrogens (tertiary/aromatic N) is 5. The lowest BCUT2D eigenvalue weighted by Gasteiger charge is -2.22. The van der Waals surface area contributed by atoms with E-state index in [1.807, 2.05) is 43.6 Å². The van der Waals surface area contributed by atoms with Crippen LogP contribution in [0.5, 0.6) is 0 Å². The molecule has 0 saturated carbocycles. The van der Waals surface area contributed by atoms with Crippen molar-refractivity contribution in [1.82, 2.24) is 24.2 Å². The Kier molecular flexibility index (Phi) is 5.51. The summed E-state index contributed by atoms with van der Waals surface area (Å²) in [6.45, 7) is 4.43. The van der Waals surface area contributed by atoms with Gasteiger partial charge in [0, 0.05) is 12.6 Å². The van der Waals surface area contributed by atoms with Crippen molar-refractivity contribution in [1.29, 1.82) is 0 Å². The Morgan fingerprint density at radius 2 is 2.00 bits per heavy atom. The Hall–Kier alpha value is -1.77. The zero-order chi connectivity index (χ0) is 17.9. The fourth-order valence-electron chi connectivity index (χ4n) is 3.15. The highest BCUT2D eigenvalue weighted by Crippen LogP contribution is 2.20. The summed E-state index contributed by atoms with van der Waals surface area (Å²) >= 11 is 0. The maximum Gasteiger partial charge on any atom is 0.216 e. The van der Waals surface area contributed by atoms with Crippen molar-refractivity contribution in [3.63, 3.8) is 0 Å². The molecule has 0 radical (unpaired) electrons. The maximum absolute atomic E-state index is 12.4. The van der Waals surface area contributed by atoms with Crippen LogP contribution >= 0.6 is 0 Å². The number of benzene rings is 1. The third kappa shape index (κ3) is 4.45. The second kappa shape index (κ2) is 7.63. The fourth-order valence-corrected chi connectivity index (χ4v) is 4.94. The summed E-state index contributed by atoms with van der Waals surface area (Å²) in [5.74, 6) is 0.182. The Balaban J connectivity index is 1.64. The summed E-state index contributed by atoms with van der Waals surface area (Å²) in [4.78, 5) is 2.13. The predicted molar refractivity (Wildman–Crippen MR) is 96.5 cm³/mol. The first-order valence-electron chi connectivity index (χ1n) is 8.59. The van der Waals surface area contributed by atoms with E-state index in [1.54, 1.807) is 4.68 Å². The number of likely N-dealkylation sites (N-methyl/N-ethyl adjacent to an activating group) is 1. The second-order valence-electron chi connectivity index (χ2n) is 6.60. The molecule has 0 amide bonds. The van der Waals surface area contributed by atoms with Gasteiger partial charge in [-0.1, -0.05) is 42.5 Å². The Labute approximate surface area is 149 Å². The Morgan fingerprint density at radius 3 is 2.72 bits per heavy atom. The van der Waals surface area contributed by atoms with Crippen LogP contribution in [0, 0.1) is 0 Å². The van der Waals surface area contributed by atoms with Gasteiger partial charge in [0.15, 0.2) is 0 Å². The van der Waals surface area contributed by atoms with Crippen LogP contribution in [0.25, 0.3) is 0 Å². The summed E-state index contributed by atoms with van der Waals surface area (Å²) in [7, 11) is -1.24. The zero-order valence-electron chi connectivity index (χ0n) is 14.7. The van der Waals surface area contributed by atoms with Crippen LogP contribution in [0.2, 0.25) is 0 Å². The summed E-state index contributed by atoms with van der Waals surface area (Å²) in [5, 5.41) is 8.26. The van der Waals surface area contributed by atoms with Gasteiger partial charge in [0.2, 0.25) is 10.0 Å². The van der Waals surface area contributed by atoms with E-state index in [0.717, 1.165) is 18.5 Å². The minimum Gasteiger partial charge on any atom is -0.301 e. The van der Waals surface area contributed by atoms with E-state index in [9.17, 15) is 8.42 Å². The van der Waals surface area contributed by atoms with E-state index in [2.05, 4.69) is 22.1 Å². The van der Waals surface area contributed by atoms with Gasteiger partial charge >= 0.3 is 0 Å². The summed E-state index contributed by atoms with van der Waals surface area (Å²) < 4.78 is 28.1. The van der Waals surface area contributed by atoms with E-state index < -0.39 is 10.0 Å². The van der Waals surface area contributed by atoms with Gasteiger partial charge in [-0.2, -0.15) is 4.31 Å². The topological polar surface area (TPSA) is 71.3 Å². The van der Waals surface area contributed by atoms with Crippen molar-refractivity contribution in [3.05, 3.63) is 47.8 Å². The van der Waals surface area contributed by atoms with Crippen LogP contribution < -0.4 is 0 Å². The molecule has 1 aromatic carbocycles. The highest BCUT2D eigenvalue weighted by atomic mass is 32.2. The smallest absolute Gasteiger partial charge is 0.216 e. The highest BCUT2D eigenvalue weighted by molar-refractivity contribution is 7.89. The van der Waals surface area contributed by atoms with Gasteiger partial charge in [-0.05, 0) is 25.6 Å². The van der Waals surface area contributed by atoms with Gasteiger partial charge in [-0.3, -0.25) is 0 Å². The normalized spacial score (nSPS) is 20.4. The zero-order valence-corrected chi connectivity index (χ0v) is 15.6. The predicted octanol–water partition coefficient (Wildman–Crippen LogP) is 1.18. The van der Waals surface area contributed by atoms with E-state index in [-0.39, 0.29) is 18.3 Å². The standard InChI is InChI=1S/C17H25N5O2S/c1-3-9-20(2)17-13-22(25(23,24)14-17)12-16-11-21(19-18-16)10-15-7-5-4-6-8-15/h4-8,11,17H,3,9-10,12-14H2,1-2H3. The molecule has 0 bridgehead atoms. The average Bonchev–Trinajstić information content (AvgIpc) is 3.13. The molecule has 1 aromatic heterocycles. The quantitative estimate of drug-likeness (QED) is 0.739. The lowest BCUT2D eigenvalue weighted by molar-refractivity contribution is 0.241.